The Hall–Kier alpha value is -2.14. The minimum Gasteiger partial charge on any atom is -0.493 e. The fourth-order valence-corrected chi connectivity index (χ4v) is 2.73. The second-order valence-electron chi connectivity index (χ2n) is 6.39. The van der Waals surface area contributed by atoms with E-state index in [0.29, 0.717) is 35.1 Å². The smallest absolute Gasteiger partial charge is 0.191 e. The van der Waals surface area contributed by atoms with Gasteiger partial charge in [0.15, 0.2) is 29.1 Å². The van der Waals surface area contributed by atoms with Crippen molar-refractivity contribution in [3.63, 3.8) is 0 Å². The van der Waals surface area contributed by atoms with Crippen LogP contribution in [0, 0.1) is 11.6 Å². The van der Waals surface area contributed by atoms with Crippen LogP contribution in [0.4, 0.5) is 8.78 Å². The molecular formula is C21H28F2IN3O3. The Kier molecular flexibility index (Phi) is 10.8. The standard InChI is InChI=1S/C21H27F2N3O3.HI/c1-5-24-21(26-13(2)14-6-8-16(22)17(23)10-14)25-12-18(27)15-7-9-19(28-3)20(11-15)29-4;/h6-11,13,18,27H,5,12H2,1-4H3,(H2,24,25,26);1H. The summed E-state index contributed by atoms with van der Waals surface area (Å²) in [5.74, 6) is -0.252. The molecule has 0 heterocycles. The van der Waals surface area contributed by atoms with Gasteiger partial charge in [0, 0.05) is 6.54 Å². The molecule has 0 saturated heterocycles. The Balaban J connectivity index is 0.00000450. The number of methoxy groups -OCH3 is 2. The first-order valence-electron chi connectivity index (χ1n) is 9.29. The van der Waals surface area contributed by atoms with E-state index in [1.54, 1.807) is 25.3 Å². The molecule has 0 aliphatic carbocycles. The second-order valence-corrected chi connectivity index (χ2v) is 6.39. The Morgan fingerprint density at radius 1 is 1.03 bits per heavy atom. The summed E-state index contributed by atoms with van der Waals surface area (Å²) < 4.78 is 37.1. The zero-order valence-electron chi connectivity index (χ0n) is 17.4. The van der Waals surface area contributed by atoms with Crippen LogP contribution in [0.1, 0.15) is 37.1 Å². The summed E-state index contributed by atoms with van der Waals surface area (Å²) in [5.41, 5.74) is 1.21. The number of guanidine groups is 1. The minimum absolute atomic E-state index is 0. The molecule has 9 heteroatoms. The van der Waals surface area contributed by atoms with Crippen molar-refractivity contribution in [2.45, 2.75) is 26.0 Å². The van der Waals surface area contributed by atoms with E-state index in [0.717, 1.165) is 12.1 Å². The van der Waals surface area contributed by atoms with Gasteiger partial charge in [-0.15, -0.1) is 24.0 Å². The third-order valence-electron chi connectivity index (χ3n) is 4.36. The van der Waals surface area contributed by atoms with E-state index in [-0.39, 0.29) is 36.6 Å². The van der Waals surface area contributed by atoms with Gasteiger partial charge in [0.1, 0.15) is 0 Å². The van der Waals surface area contributed by atoms with Gasteiger partial charge < -0.3 is 25.2 Å². The fourth-order valence-electron chi connectivity index (χ4n) is 2.73. The fraction of sp³-hybridized carbons (Fsp3) is 0.381. The van der Waals surface area contributed by atoms with Crippen molar-refractivity contribution < 1.29 is 23.4 Å². The highest BCUT2D eigenvalue weighted by atomic mass is 127. The number of hydrogen-bond donors (Lipinski definition) is 3. The molecule has 0 aliphatic rings. The van der Waals surface area contributed by atoms with Crippen LogP contribution in [0.25, 0.3) is 0 Å². The van der Waals surface area contributed by atoms with Crippen LogP contribution in [0.3, 0.4) is 0 Å². The van der Waals surface area contributed by atoms with Gasteiger partial charge in [-0.1, -0.05) is 12.1 Å². The van der Waals surface area contributed by atoms with Crippen LogP contribution in [0.15, 0.2) is 41.4 Å². The van der Waals surface area contributed by atoms with E-state index in [9.17, 15) is 13.9 Å². The van der Waals surface area contributed by atoms with E-state index in [1.165, 1.54) is 13.2 Å². The second kappa shape index (κ2) is 12.5. The first-order valence-corrected chi connectivity index (χ1v) is 9.29. The lowest BCUT2D eigenvalue weighted by Crippen LogP contribution is -2.39. The molecule has 0 amide bonds. The average Bonchev–Trinajstić information content (AvgIpc) is 2.73. The first kappa shape index (κ1) is 25.9. The molecule has 166 valence electrons. The summed E-state index contributed by atoms with van der Waals surface area (Å²) in [7, 11) is 3.07. The lowest BCUT2D eigenvalue weighted by atomic mass is 10.1. The van der Waals surface area contributed by atoms with Crippen molar-refractivity contribution in [3.8, 4) is 11.5 Å². The molecule has 30 heavy (non-hydrogen) atoms. The van der Waals surface area contributed by atoms with Gasteiger partial charge in [0.25, 0.3) is 0 Å². The van der Waals surface area contributed by atoms with Crippen molar-refractivity contribution in [2.75, 3.05) is 27.3 Å². The molecule has 2 rings (SSSR count). The highest BCUT2D eigenvalue weighted by Crippen LogP contribution is 2.30. The van der Waals surface area contributed by atoms with Crippen LogP contribution in [-0.2, 0) is 0 Å². The number of ether oxygens (including phenoxy) is 2. The molecule has 2 aromatic rings. The molecule has 0 aromatic heterocycles. The topological polar surface area (TPSA) is 75.1 Å². The molecule has 6 nitrogen and oxygen atoms in total. The van der Waals surface area contributed by atoms with Crippen molar-refractivity contribution in [3.05, 3.63) is 59.2 Å². The number of nitrogens with zero attached hydrogens (tertiary/aromatic N) is 1. The summed E-state index contributed by atoms with van der Waals surface area (Å²) >= 11 is 0. The van der Waals surface area contributed by atoms with Gasteiger partial charge in [0.2, 0.25) is 0 Å². The van der Waals surface area contributed by atoms with Gasteiger partial charge >= 0.3 is 0 Å². The van der Waals surface area contributed by atoms with Gasteiger partial charge in [0.05, 0.1) is 32.9 Å². The largest absolute Gasteiger partial charge is 0.493 e. The quantitative estimate of drug-likeness (QED) is 0.271. The number of aliphatic hydroxyl groups excluding tert-OH is 1. The maximum atomic E-state index is 13.5. The highest BCUT2D eigenvalue weighted by molar-refractivity contribution is 14.0. The first-order chi connectivity index (χ1) is 13.9. The molecule has 2 unspecified atom stereocenters. The minimum atomic E-state index is -0.901. The summed E-state index contributed by atoms with van der Waals surface area (Å²) in [4.78, 5) is 4.40. The zero-order valence-corrected chi connectivity index (χ0v) is 19.7. The van der Waals surface area contributed by atoms with Crippen molar-refractivity contribution >= 4 is 29.9 Å². The lowest BCUT2D eigenvalue weighted by Gasteiger charge is -2.19. The van der Waals surface area contributed by atoms with Crippen LogP contribution in [-0.4, -0.2) is 38.4 Å². The van der Waals surface area contributed by atoms with Gasteiger partial charge in [-0.25, -0.2) is 8.78 Å². The van der Waals surface area contributed by atoms with Crippen LogP contribution in [0.2, 0.25) is 0 Å². The summed E-state index contributed by atoms with van der Waals surface area (Å²) in [6, 6.07) is 8.59. The molecule has 0 fully saturated rings. The highest BCUT2D eigenvalue weighted by Gasteiger charge is 2.14. The van der Waals surface area contributed by atoms with E-state index in [1.807, 2.05) is 13.8 Å². The number of nitrogens with one attached hydrogen (secondary N) is 2. The number of hydrogen-bond acceptors (Lipinski definition) is 4. The molecule has 0 spiro atoms. The summed E-state index contributed by atoms with van der Waals surface area (Å²) in [6.45, 7) is 4.41. The predicted molar refractivity (Wildman–Crippen MR) is 124 cm³/mol. The maximum absolute atomic E-state index is 13.5. The predicted octanol–water partition coefficient (Wildman–Crippen LogP) is 3.95. The zero-order chi connectivity index (χ0) is 21.4. The molecule has 0 bridgehead atoms. The number of benzene rings is 2. The monoisotopic (exact) mass is 535 g/mol. The van der Waals surface area contributed by atoms with E-state index in [2.05, 4.69) is 15.6 Å². The molecule has 0 aliphatic heterocycles. The van der Waals surface area contributed by atoms with Crippen LogP contribution in [0.5, 0.6) is 11.5 Å². The number of aliphatic hydroxyl groups is 1. The Bertz CT molecular complexity index is 852. The number of halogens is 3. The molecule has 0 radical (unpaired) electrons. The normalized spacial score (nSPS) is 13.1. The van der Waals surface area contributed by atoms with Gasteiger partial charge in [-0.05, 0) is 49.2 Å². The van der Waals surface area contributed by atoms with Crippen LogP contribution >= 0.6 is 24.0 Å². The van der Waals surface area contributed by atoms with Gasteiger partial charge in [-0.2, -0.15) is 0 Å². The third kappa shape index (κ3) is 6.98. The Morgan fingerprint density at radius 2 is 1.70 bits per heavy atom. The summed E-state index contributed by atoms with van der Waals surface area (Å²) in [5, 5.41) is 16.7. The molecule has 3 N–H and O–H groups in total. The maximum Gasteiger partial charge on any atom is 0.191 e. The van der Waals surface area contributed by atoms with Gasteiger partial charge in [-0.3, -0.25) is 4.99 Å². The Labute approximate surface area is 192 Å². The number of aliphatic imine (C=N–C) groups is 1. The lowest BCUT2D eigenvalue weighted by molar-refractivity contribution is 0.186. The van der Waals surface area contributed by atoms with Crippen molar-refractivity contribution in [1.29, 1.82) is 0 Å². The van der Waals surface area contributed by atoms with Crippen LogP contribution < -0.4 is 20.1 Å². The van der Waals surface area contributed by atoms with Crippen molar-refractivity contribution in [2.24, 2.45) is 4.99 Å². The van der Waals surface area contributed by atoms with E-state index in [4.69, 9.17) is 9.47 Å². The molecule has 2 atom stereocenters. The molecule has 2 aromatic carbocycles. The molecular weight excluding hydrogens is 507 g/mol. The molecule has 0 saturated carbocycles. The van der Waals surface area contributed by atoms with E-state index >= 15 is 0 Å². The van der Waals surface area contributed by atoms with E-state index < -0.39 is 17.7 Å². The Morgan fingerprint density at radius 3 is 2.30 bits per heavy atom. The third-order valence-corrected chi connectivity index (χ3v) is 4.36. The SMILES string of the molecule is CCNC(=NCC(O)c1ccc(OC)c(OC)c1)NC(C)c1ccc(F)c(F)c1.I. The summed E-state index contributed by atoms with van der Waals surface area (Å²) in [6.07, 6.45) is -0.858. The van der Waals surface area contributed by atoms with Crippen molar-refractivity contribution in [1.82, 2.24) is 10.6 Å². The average molecular weight is 535 g/mol. The number of rotatable bonds is 8.